The summed E-state index contributed by atoms with van der Waals surface area (Å²) in [6, 6.07) is 9.34. The molecule has 1 unspecified atom stereocenters. The van der Waals surface area contributed by atoms with Gasteiger partial charge < -0.3 is 9.72 Å². The number of hydrogen-bond donors (Lipinski definition) is 1. The van der Waals surface area contributed by atoms with Crippen molar-refractivity contribution in [2.45, 2.75) is 13.3 Å². The predicted octanol–water partition coefficient (Wildman–Crippen LogP) is 4.55. The fourth-order valence-electron chi connectivity index (χ4n) is 2.72. The summed E-state index contributed by atoms with van der Waals surface area (Å²) in [5.41, 5.74) is 1.31. The van der Waals surface area contributed by atoms with Crippen LogP contribution in [0, 0.1) is 5.82 Å². The third kappa shape index (κ3) is 3.31. The van der Waals surface area contributed by atoms with Crippen LogP contribution in [0.5, 0.6) is 5.75 Å². The Morgan fingerprint density at radius 3 is 2.78 bits per heavy atom. The summed E-state index contributed by atoms with van der Waals surface area (Å²) in [4.78, 5) is 23.8. The van der Waals surface area contributed by atoms with Gasteiger partial charge in [0.1, 0.15) is 22.0 Å². The SMILES string of the molecule is CC(F)Oc1ccc(-c2csc3c(=O)[nH]c(-c4ccccn4)nc23)c(F)c1. The highest BCUT2D eigenvalue weighted by molar-refractivity contribution is 7.17. The average molecular weight is 385 g/mol. The zero-order chi connectivity index (χ0) is 19.0. The smallest absolute Gasteiger partial charge is 0.269 e. The highest BCUT2D eigenvalue weighted by atomic mass is 32.1. The summed E-state index contributed by atoms with van der Waals surface area (Å²) in [6.07, 6.45) is 0.0524. The van der Waals surface area contributed by atoms with Gasteiger partial charge in [-0.15, -0.1) is 11.3 Å². The molecule has 0 aliphatic heterocycles. The number of nitrogens with zero attached hydrogens (tertiary/aromatic N) is 2. The predicted molar refractivity (Wildman–Crippen MR) is 100 cm³/mol. The van der Waals surface area contributed by atoms with Crippen LogP contribution in [0.2, 0.25) is 0 Å². The normalized spacial score (nSPS) is 12.3. The van der Waals surface area contributed by atoms with E-state index in [2.05, 4.69) is 15.0 Å². The van der Waals surface area contributed by atoms with Gasteiger partial charge in [-0.2, -0.15) is 0 Å². The maximum atomic E-state index is 14.6. The molecule has 0 fully saturated rings. The van der Waals surface area contributed by atoms with E-state index in [0.717, 1.165) is 6.07 Å². The van der Waals surface area contributed by atoms with E-state index in [0.29, 0.717) is 27.3 Å². The summed E-state index contributed by atoms with van der Waals surface area (Å²) in [5.74, 6) is -0.195. The van der Waals surface area contributed by atoms with Gasteiger partial charge in [-0.1, -0.05) is 6.07 Å². The Bertz CT molecular complexity index is 1170. The monoisotopic (exact) mass is 385 g/mol. The molecule has 1 aromatic carbocycles. The van der Waals surface area contributed by atoms with E-state index in [4.69, 9.17) is 4.74 Å². The highest BCUT2D eigenvalue weighted by Gasteiger charge is 2.17. The number of ether oxygens (including phenoxy) is 1. The number of aromatic amines is 1. The highest BCUT2D eigenvalue weighted by Crippen LogP contribution is 2.34. The van der Waals surface area contributed by atoms with Crippen LogP contribution in [0.15, 0.2) is 52.8 Å². The zero-order valence-electron chi connectivity index (χ0n) is 14.1. The number of fused-ring (bicyclic) bond motifs is 1. The Labute approximate surface area is 156 Å². The largest absolute Gasteiger partial charge is 0.461 e. The van der Waals surface area contributed by atoms with E-state index in [1.807, 2.05) is 0 Å². The number of aromatic nitrogens is 3. The molecule has 0 aliphatic carbocycles. The number of rotatable bonds is 4. The molecule has 4 rings (SSSR count). The Morgan fingerprint density at radius 1 is 1.22 bits per heavy atom. The van der Waals surface area contributed by atoms with Crippen LogP contribution in [0.1, 0.15) is 6.92 Å². The molecule has 3 heterocycles. The van der Waals surface area contributed by atoms with Crippen molar-refractivity contribution >= 4 is 21.6 Å². The summed E-state index contributed by atoms with van der Waals surface area (Å²) in [5, 5.41) is 1.67. The van der Waals surface area contributed by atoms with E-state index >= 15 is 0 Å². The van der Waals surface area contributed by atoms with Gasteiger partial charge in [0.2, 0.25) is 6.36 Å². The van der Waals surface area contributed by atoms with Gasteiger partial charge in [0, 0.05) is 35.7 Å². The first-order valence-corrected chi connectivity index (χ1v) is 8.94. The van der Waals surface area contributed by atoms with Gasteiger partial charge in [-0.3, -0.25) is 9.78 Å². The number of nitrogens with one attached hydrogen (secondary N) is 1. The molecule has 1 N–H and O–H groups in total. The minimum Gasteiger partial charge on any atom is -0.461 e. The minimum atomic E-state index is -1.54. The lowest BCUT2D eigenvalue weighted by atomic mass is 10.1. The molecule has 27 heavy (non-hydrogen) atoms. The molecule has 0 spiro atoms. The van der Waals surface area contributed by atoms with E-state index < -0.39 is 12.2 Å². The fraction of sp³-hybridized carbons (Fsp3) is 0.105. The molecule has 1 atom stereocenters. The number of benzene rings is 1. The molecule has 0 aliphatic rings. The third-order valence-corrected chi connectivity index (χ3v) is 4.83. The van der Waals surface area contributed by atoms with E-state index in [1.165, 1.54) is 30.4 Å². The molecule has 5 nitrogen and oxygen atoms in total. The first-order chi connectivity index (χ1) is 13.0. The molecule has 8 heteroatoms. The van der Waals surface area contributed by atoms with E-state index in [1.54, 1.807) is 29.8 Å². The van der Waals surface area contributed by atoms with Crippen LogP contribution in [0.25, 0.3) is 32.9 Å². The molecule has 0 amide bonds. The van der Waals surface area contributed by atoms with Gasteiger partial charge in [0.25, 0.3) is 5.56 Å². The number of thiophene rings is 1. The standard InChI is InChI=1S/C19H13F2N3O2S/c1-10(20)26-11-5-6-12(14(21)8-11)13-9-27-17-16(13)23-18(24-19(17)25)15-4-2-3-7-22-15/h2-10H,1H3,(H,23,24,25). The van der Waals surface area contributed by atoms with E-state index in [-0.39, 0.29) is 16.9 Å². The van der Waals surface area contributed by atoms with Crippen molar-refractivity contribution in [1.82, 2.24) is 15.0 Å². The Hall–Kier alpha value is -3.13. The summed E-state index contributed by atoms with van der Waals surface area (Å²) in [6.45, 7) is 1.22. The molecule has 0 saturated heterocycles. The topological polar surface area (TPSA) is 67.9 Å². The maximum absolute atomic E-state index is 14.6. The lowest BCUT2D eigenvalue weighted by molar-refractivity contribution is 0.0857. The number of pyridine rings is 1. The van der Waals surface area contributed by atoms with Gasteiger partial charge in [-0.05, 0) is 24.3 Å². The van der Waals surface area contributed by atoms with Crippen LogP contribution in [-0.2, 0) is 0 Å². The number of H-pyrrole nitrogens is 1. The number of alkyl halides is 1. The molecule has 136 valence electrons. The Balaban J connectivity index is 1.86. The molecule has 0 radical (unpaired) electrons. The summed E-state index contributed by atoms with van der Waals surface area (Å²) in [7, 11) is 0. The van der Waals surface area contributed by atoms with Gasteiger partial charge in [0.15, 0.2) is 5.82 Å². The minimum absolute atomic E-state index is 0.0887. The van der Waals surface area contributed by atoms with Crippen molar-refractivity contribution in [1.29, 1.82) is 0 Å². The second-order valence-electron chi connectivity index (χ2n) is 5.76. The molecule has 3 aromatic heterocycles. The fourth-order valence-corrected chi connectivity index (χ4v) is 3.62. The van der Waals surface area contributed by atoms with E-state index in [9.17, 15) is 13.6 Å². The van der Waals surface area contributed by atoms with Crippen molar-refractivity contribution < 1.29 is 13.5 Å². The van der Waals surface area contributed by atoms with Crippen molar-refractivity contribution in [3.05, 3.63) is 64.1 Å². The van der Waals surface area contributed by atoms with Gasteiger partial charge in [0.05, 0.1) is 5.52 Å². The summed E-state index contributed by atoms with van der Waals surface area (Å²) < 4.78 is 32.8. The van der Waals surface area contributed by atoms with Gasteiger partial charge >= 0.3 is 0 Å². The Kier molecular flexibility index (Phi) is 4.41. The molecule has 0 bridgehead atoms. The van der Waals surface area contributed by atoms with Crippen LogP contribution < -0.4 is 10.3 Å². The van der Waals surface area contributed by atoms with Crippen molar-refractivity contribution in [2.24, 2.45) is 0 Å². The van der Waals surface area contributed by atoms with Crippen LogP contribution in [-0.4, -0.2) is 21.3 Å². The quantitative estimate of drug-likeness (QED) is 0.560. The van der Waals surface area contributed by atoms with Crippen LogP contribution >= 0.6 is 11.3 Å². The Morgan fingerprint density at radius 2 is 2.07 bits per heavy atom. The van der Waals surface area contributed by atoms with Crippen LogP contribution in [0.4, 0.5) is 8.78 Å². The maximum Gasteiger partial charge on any atom is 0.269 e. The van der Waals surface area contributed by atoms with Crippen molar-refractivity contribution in [3.63, 3.8) is 0 Å². The van der Waals surface area contributed by atoms with Gasteiger partial charge in [-0.25, -0.2) is 13.8 Å². The zero-order valence-corrected chi connectivity index (χ0v) is 14.9. The van der Waals surface area contributed by atoms with Crippen molar-refractivity contribution in [3.8, 4) is 28.4 Å². The van der Waals surface area contributed by atoms with Crippen molar-refractivity contribution in [2.75, 3.05) is 0 Å². The molecular formula is C19H13F2N3O2S. The second-order valence-corrected chi connectivity index (χ2v) is 6.64. The molecule has 0 saturated carbocycles. The molecular weight excluding hydrogens is 372 g/mol. The molecule has 4 aromatic rings. The summed E-state index contributed by atoms with van der Waals surface area (Å²) >= 11 is 1.18. The number of hydrogen-bond acceptors (Lipinski definition) is 5. The first kappa shape index (κ1) is 17.3. The number of halogens is 2. The first-order valence-electron chi connectivity index (χ1n) is 8.06. The lowest BCUT2D eigenvalue weighted by Crippen LogP contribution is -2.08. The third-order valence-electron chi connectivity index (χ3n) is 3.86. The average Bonchev–Trinajstić information content (AvgIpc) is 3.06. The van der Waals surface area contributed by atoms with Crippen LogP contribution in [0.3, 0.4) is 0 Å². The second kappa shape index (κ2) is 6.88. The lowest BCUT2D eigenvalue weighted by Gasteiger charge is -2.09.